The van der Waals surface area contributed by atoms with Gasteiger partial charge in [-0.05, 0) is 59.5 Å². The lowest BCUT2D eigenvalue weighted by Gasteiger charge is -2.16. The first kappa shape index (κ1) is 12.8. The third-order valence-electron chi connectivity index (χ3n) is 3.18. The summed E-state index contributed by atoms with van der Waals surface area (Å²) in [5.74, 6) is 0.579. The molecule has 1 aliphatic rings. The number of hydrogen-bond donors (Lipinski definition) is 1. The Kier molecular flexibility index (Phi) is 4.39. The Morgan fingerprint density at radius 1 is 1.53 bits per heavy atom. The summed E-state index contributed by atoms with van der Waals surface area (Å²) in [4.78, 5) is 14.1. The van der Waals surface area contributed by atoms with Crippen LogP contribution in [0.25, 0.3) is 0 Å². The number of carbonyl (C=O) groups excluding carboxylic acids is 1. The second-order valence-electron chi connectivity index (χ2n) is 4.43. The van der Waals surface area contributed by atoms with E-state index in [1.165, 1.54) is 0 Å². The van der Waals surface area contributed by atoms with Gasteiger partial charge < -0.3 is 10.0 Å². The molecular formula is C13H16INO2. The van der Waals surface area contributed by atoms with Gasteiger partial charge in [-0.25, -0.2) is 0 Å². The van der Waals surface area contributed by atoms with Crippen molar-refractivity contribution >= 4 is 28.5 Å². The fraction of sp³-hybridized carbons (Fsp3) is 0.462. The molecule has 3 nitrogen and oxygen atoms in total. The molecule has 0 saturated carbocycles. The maximum atomic E-state index is 12.2. The van der Waals surface area contributed by atoms with Crippen LogP contribution in [0.1, 0.15) is 23.2 Å². The molecule has 1 saturated heterocycles. The Bertz CT molecular complexity index is 408. The van der Waals surface area contributed by atoms with Crippen molar-refractivity contribution in [3.05, 3.63) is 33.4 Å². The molecule has 1 aromatic rings. The number of nitrogens with zero attached hydrogens (tertiary/aromatic N) is 1. The number of rotatable bonds is 3. The summed E-state index contributed by atoms with van der Waals surface area (Å²) in [6, 6.07) is 7.68. The normalized spacial score (nSPS) is 19.6. The van der Waals surface area contributed by atoms with Gasteiger partial charge in [0.2, 0.25) is 0 Å². The summed E-state index contributed by atoms with van der Waals surface area (Å²) in [5.41, 5.74) is 0.765. The van der Waals surface area contributed by atoms with E-state index in [1.54, 1.807) is 0 Å². The highest BCUT2D eigenvalue weighted by molar-refractivity contribution is 14.1. The number of amides is 1. The van der Waals surface area contributed by atoms with E-state index >= 15 is 0 Å². The van der Waals surface area contributed by atoms with Gasteiger partial charge in [-0.2, -0.15) is 0 Å². The number of halogens is 1. The van der Waals surface area contributed by atoms with Crippen LogP contribution in [0.15, 0.2) is 24.3 Å². The van der Waals surface area contributed by atoms with Crippen molar-refractivity contribution in [2.75, 3.05) is 19.7 Å². The maximum Gasteiger partial charge on any atom is 0.253 e. The fourth-order valence-electron chi connectivity index (χ4n) is 2.24. The largest absolute Gasteiger partial charge is 0.396 e. The summed E-state index contributed by atoms with van der Waals surface area (Å²) in [5, 5.41) is 8.90. The van der Waals surface area contributed by atoms with Gasteiger partial charge in [0.15, 0.2) is 0 Å². The van der Waals surface area contributed by atoms with E-state index in [2.05, 4.69) is 22.6 Å². The fourth-order valence-corrected chi connectivity index (χ4v) is 2.78. The van der Waals surface area contributed by atoms with Crippen LogP contribution in [0.5, 0.6) is 0 Å². The molecule has 1 fully saturated rings. The average molecular weight is 345 g/mol. The minimum absolute atomic E-state index is 0.115. The molecule has 0 aliphatic carbocycles. The zero-order valence-electron chi connectivity index (χ0n) is 9.60. The molecule has 17 heavy (non-hydrogen) atoms. The highest BCUT2D eigenvalue weighted by Gasteiger charge is 2.26. The lowest BCUT2D eigenvalue weighted by molar-refractivity contribution is 0.0784. The van der Waals surface area contributed by atoms with Crippen LogP contribution < -0.4 is 0 Å². The monoisotopic (exact) mass is 345 g/mol. The molecule has 1 aromatic carbocycles. The molecule has 92 valence electrons. The van der Waals surface area contributed by atoms with Gasteiger partial charge in [0.1, 0.15) is 0 Å². The molecule has 1 amide bonds. The second-order valence-corrected chi connectivity index (χ2v) is 5.67. The summed E-state index contributed by atoms with van der Waals surface area (Å²) >= 11 is 2.22. The van der Waals surface area contributed by atoms with Crippen LogP contribution in [0.2, 0.25) is 0 Å². The lowest BCUT2D eigenvalue weighted by Crippen LogP contribution is -2.28. The summed E-state index contributed by atoms with van der Waals surface area (Å²) in [6.45, 7) is 1.82. The van der Waals surface area contributed by atoms with Crippen molar-refractivity contribution in [1.82, 2.24) is 4.90 Å². The van der Waals surface area contributed by atoms with Crippen molar-refractivity contribution in [2.45, 2.75) is 12.8 Å². The van der Waals surface area contributed by atoms with E-state index in [0.29, 0.717) is 5.92 Å². The number of benzene rings is 1. The molecule has 4 heteroatoms. The first-order valence-corrected chi connectivity index (χ1v) is 6.94. The zero-order chi connectivity index (χ0) is 12.3. The maximum absolute atomic E-state index is 12.2. The number of likely N-dealkylation sites (tertiary alicyclic amines) is 1. The molecule has 0 spiro atoms. The Morgan fingerprint density at radius 3 is 3.06 bits per heavy atom. The van der Waals surface area contributed by atoms with Gasteiger partial charge in [0, 0.05) is 28.8 Å². The van der Waals surface area contributed by atoms with Crippen molar-refractivity contribution in [3.8, 4) is 0 Å². The van der Waals surface area contributed by atoms with E-state index in [1.807, 2.05) is 29.2 Å². The highest BCUT2D eigenvalue weighted by Crippen LogP contribution is 2.21. The molecule has 1 atom stereocenters. The highest BCUT2D eigenvalue weighted by atomic mass is 127. The number of aliphatic hydroxyl groups is 1. The van der Waals surface area contributed by atoms with Crippen molar-refractivity contribution in [1.29, 1.82) is 0 Å². The SMILES string of the molecule is O=C(c1cccc(I)c1)N1CCC(CCO)C1. The van der Waals surface area contributed by atoms with Gasteiger partial charge in [0.25, 0.3) is 5.91 Å². The van der Waals surface area contributed by atoms with Gasteiger partial charge in [-0.1, -0.05) is 6.07 Å². The molecule has 2 rings (SSSR count). The number of hydrogen-bond acceptors (Lipinski definition) is 2. The molecule has 0 radical (unpaired) electrons. The smallest absolute Gasteiger partial charge is 0.253 e. The van der Waals surface area contributed by atoms with Crippen LogP contribution in [0.3, 0.4) is 0 Å². The molecule has 1 N–H and O–H groups in total. The third-order valence-corrected chi connectivity index (χ3v) is 3.85. The van der Waals surface area contributed by atoms with Crippen LogP contribution >= 0.6 is 22.6 Å². The third kappa shape index (κ3) is 3.19. The first-order valence-electron chi connectivity index (χ1n) is 5.86. The summed E-state index contributed by atoms with van der Waals surface area (Å²) in [7, 11) is 0. The van der Waals surface area contributed by atoms with Crippen molar-refractivity contribution in [2.24, 2.45) is 5.92 Å². The summed E-state index contributed by atoms with van der Waals surface area (Å²) in [6.07, 6.45) is 1.81. The predicted molar refractivity (Wildman–Crippen MR) is 74.9 cm³/mol. The Balaban J connectivity index is 2.02. The average Bonchev–Trinajstić information content (AvgIpc) is 2.77. The van der Waals surface area contributed by atoms with E-state index in [-0.39, 0.29) is 12.5 Å². The Morgan fingerprint density at radius 2 is 2.35 bits per heavy atom. The van der Waals surface area contributed by atoms with Crippen molar-refractivity contribution in [3.63, 3.8) is 0 Å². The van der Waals surface area contributed by atoms with E-state index in [9.17, 15) is 4.79 Å². The predicted octanol–water partition coefficient (Wildman–Crippen LogP) is 2.14. The minimum Gasteiger partial charge on any atom is -0.396 e. The van der Waals surface area contributed by atoms with Gasteiger partial charge in [0.05, 0.1) is 0 Å². The molecule has 1 unspecified atom stereocenters. The molecule has 1 heterocycles. The van der Waals surface area contributed by atoms with E-state index in [4.69, 9.17) is 5.11 Å². The summed E-state index contributed by atoms with van der Waals surface area (Å²) < 4.78 is 1.08. The van der Waals surface area contributed by atoms with Crippen LogP contribution in [0, 0.1) is 9.49 Å². The quantitative estimate of drug-likeness (QED) is 0.853. The topological polar surface area (TPSA) is 40.5 Å². The zero-order valence-corrected chi connectivity index (χ0v) is 11.8. The Hall–Kier alpha value is -0.620. The molecule has 0 aromatic heterocycles. The van der Waals surface area contributed by atoms with Gasteiger partial charge >= 0.3 is 0 Å². The van der Waals surface area contributed by atoms with Gasteiger partial charge in [-0.3, -0.25) is 4.79 Å². The van der Waals surface area contributed by atoms with Crippen molar-refractivity contribution < 1.29 is 9.90 Å². The van der Waals surface area contributed by atoms with Crippen LogP contribution in [-0.2, 0) is 0 Å². The standard InChI is InChI=1S/C13H16INO2/c14-12-3-1-2-11(8-12)13(17)15-6-4-10(9-15)5-7-16/h1-3,8,10,16H,4-7,9H2. The number of aliphatic hydroxyl groups excluding tert-OH is 1. The van der Waals surface area contributed by atoms with E-state index < -0.39 is 0 Å². The molecule has 0 bridgehead atoms. The van der Waals surface area contributed by atoms with E-state index in [0.717, 1.165) is 35.1 Å². The molecular weight excluding hydrogens is 329 g/mol. The lowest BCUT2D eigenvalue weighted by atomic mass is 10.1. The minimum atomic E-state index is 0.115. The Labute approximate surface area is 115 Å². The van der Waals surface area contributed by atoms with Crippen LogP contribution in [0.4, 0.5) is 0 Å². The first-order chi connectivity index (χ1) is 8.20. The van der Waals surface area contributed by atoms with Crippen LogP contribution in [-0.4, -0.2) is 35.6 Å². The number of carbonyl (C=O) groups is 1. The molecule has 1 aliphatic heterocycles. The second kappa shape index (κ2) is 5.82. The van der Waals surface area contributed by atoms with Gasteiger partial charge in [-0.15, -0.1) is 0 Å².